The van der Waals surface area contributed by atoms with Crippen molar-refractivity contribution in [2.24, 2.45) is 11.8 Å². The molecule has 0 amide bonds. The molecule has 1 aliphatic heterocycles. The molecule has 3 heteroatoms. The second-order valence-corrected chi connectivity index (χ2v) is 9.44. The van der Waals surface area contributed by atoms with Gasteiger partial charge in [0, 0.05) is 17.8 Å². The fourth-order valence-corrected chi connectivity index (χ4v) is 4.53. The van der Waals surface area contributed by atoms with E-state index in [1.807, 2.05) is 6.07 Å². The largest absolute Gasteiger partial charge is 0.472 e. The minimum absolute atomic E-state index is 0.627. The number of fused-ring (bicyclic) bond motifs is 1. The molecule has 0 saturated carbocycles. The Bertz CT molecular complexity index is 647. The van der Waals surface area contributed by atoms with Crippen LogP contribution in [0.4, 0.5) is 5.69 Å². The van der Waals surface area contributed by atoms with Crippen LogP contribution in [0.2, 0.25) is 10.6 Å². The van der Waals surface area contributed by atoms with Gasteiger partial charge in [-0.15, -0.1) is 0 Å². The summed E-state index contributed by atoms with van der Waals surface area (Å²) in [6, 6.07) is 16.7. The fourth-order valence-electron chi connectivity index (χ4n) is 3.01. The Morgan fingerprint density at radius 3 is 2.19 bits per heavy atom. The van der Waals surface area contributed by atoms with Crippen LogP contribution < -0.4 is 9.64 Å². The molecule has 0 aromatic heterocycles. The van der Waals surface area contributed by atoms with E-state index >= 15 is 0 Å². The van der Waals surface area contributed by atoms with Crippen molar-refractivity contribution in [3.05, 3.63) is 59.7 Å². The average molecular weight is 367 g/mol. The third-order valence-corrected chi connectivity index (χ3v) is 6.97. The monoisotopic (exact) mass is 366 g/mol. The van der Waals surface area contributed by atoms with Crippen molar-refractivity contribution in [2.45, 2.75) is 51.7 Å². The van der Waals surface area contributed by atoms with Gasteiger partial charge in [-0.2, -0.15) is 0 Å². The minimum Gasteiger partial charge on any atom is -0.472 e. The molecule has 26 heavy (non-hydrogen) atoms. The Labute approximate surface area is 166 Å². The van der Waals surface area contributed by atoms with Crippen LogP contribution in [-0.2, 0) is 6.54 Å². The Kier molecular flexibility index (Phi) is 8.56. The zero-order valence-corrected chi connectivity index (χ0v) is 18.2. The van der Waals surface area contributed by atoms with E-state index in [4.69, 9.17) is 4.74 Å². The van der Waals surface area contributed by atoms with Crippen LogP contribution in [0.25, 0.3) is 0 Å². The maximum Gasteiger partial charge on any atom is 0.161 e. The van der Waals surface area contributed by atoms with Crippen molar-refractivity contribution < 1.29 is 4.74 Å². The van der Waals surface area contributed by atoms with E-state index in [2.05, 4.69) is 82.0 Å². The van der Waals surface area contributed by atoms with E-state index in [1.165, 1.54) is 27.4 Å². The van der Waals surface area contributed by atoms with E-state index < -0.39 is 0 Å². The summed E-state index contributed by atoms with van der Waals surface area (Å²) in [6.45, 7) is 12.9. The molecule has 3 rings (SSSR count). The first-order valence-electron chi connectivity index (χ1n) is 9.80. The standard InChI is InChI=1S/C15H15NO.2C4H9.Al/c1-12-6-5-7-13-10-16(11-17-15(12)13)14-8-3-2-4-9-14;2*1-4(2)3;/h2-9H,10-11H2,1H3;2*4H,1H2,2-3H3;/q;;;+1. The third-order valence-electron chi connectivity index (χ3n) is 4.42. The molecule has 1 heterocycles. The molecule has 0 saturated heterocycles. The zero-order valence-electron chi connectivity index (χ0n) is 17.0. The van der Waals surface area contributed by atoms with Crippen molar-refractivity contribution in [2.75, 3.05) is 11.6 Å². The van der Waals surface area contributed by atoms with E-state index in [0.717, 1.165) is 39.3 Å². The van der Waals surface area contributed by atoms with Gasteiger partial charge in [0.15, 0.2) is 6.73 Å². The van der Waals surface area contributed by atoms with Crippen LogP contribution in [-0.4, -0.2) is 22.0 Å². The average Bonchev–Trinajstić information content (AvgIpc) is 2.62. The summed E-state index contributed by atoms with van der Waals surface area (Å²) >= 11 is 0.755. The van der Waals surface area contributed by atoms with E-state index in [1.54, 1.807) is 0 Å². The van der Waals surface area contributed by atoms with Gasteiger partial charge in [-0.1, -0.05) is 36.4 Å². The first-order chi connectivity index (χ1) is 12.5. The normalized spacial score (nSPS) is 12.8. The van der Waals surface area contributed by atoms with Crippen molar-refractivity contribution >= 4 is 20.9 Å². The molecule has 0 aliphatic carbocycles. The first kappa shape index (κ1) is 20.9. The Morgan fingerprint density at radius 1 is 0.923 bits per heavy atom. The molecule has 0 atom stereocenters. The molecule has 0 unspecified atom stereocenters. The van der Waals surface area contributed by atoms with Gasteiger partial charge in [-0.3, -0.25) is 0 Å². The summed E-state index contributed by atoms with van der Waals surface area (Å²) in [4.78, 5) is 2.24. The number of anilines is 1. The zero-order chi connectivity index (χ0) is 18.9. The van der Waals surface area contributed by atoms with Crippen molar-refractivity contribution in [3.63, 3.8) is 0 Å². The molecule has 0 N–H and O–H groups in total. The smallest absolute Gasteiger partial charge is 0.161 e. The summed E-state index contributed by atoms with van der Waals surface area (Å²) in [6.07, 6.45) is 0. The van der Waals surface area contributed by atoms with Crippen molar-refractivity contribution in [1.82, 2.24) is 0 Å². The van der Waals surface area contributed by atoms with Crippen molar-refractivity contribution in [3.8, 4) is 5.75 Å². The van der Waals surface area contributed by atoms with Gasteiger partial charge < -0.3 is 9.64 Å². The SMILES string of the molecule is CC(C)[CH2][Al+][CH2]C(C)C.Cc1cccc2c1OCN(c1ccccc1)C2. The molecule has 1 aliphatic rings. The van der Waals surface area contributed by atoms with Crippen LogP contribution in [0.5, 0.6) is 5.75 Å². The Balaban J connectivity index is 0.000000232. The van der Waals surface area contributed by atoms with Gasteiger partial charge in [-0.05, 0) is 24.6 Å². The molecule has 2 nitrogen and oxygen atoms in total. The Morgan fingerprint density at radius 2 is 1.58 bits per heavy atom. The number of ether oxygens (including phenoxy) is 1. The Hall–Kier alpha value is -1.43. The number of aryl methyl sites for hydroxylation is 1. The number of hydrogen-bond donors (Lipinski definition) is 0. The molecular formula is C23H33AlNO+. The van der Waals surface area contributed by atoms with E-state index in [9.17, 15) is 0 Å². The fraction of sp³-hybridized carbons (Fsp3) is 0.478. The predicted molar refractivity (Wildman–Crippen MR) is 114 cm³/mol. The predicted octanol–water partition coefficient (Wildman–Crippen LogP) is 6.19. The summed E-state index contributed by atoms with van der Waals surface area (Å²) in [7, 11) is 0. The summed E-state index contributed by atoms with van der Waals surface area (Å²) in [5.74, 6) is 2.91. The second kappa shape index (κ2) is 10.7. The van der Waals surface area contributed by atoms with Gasteiger partial charge in [0.25, 0.3) is 0 Å². The van der Waals surface area contributed by atoms with E-state index in [-0.39, 0.29) is 0 Å². The van der Waals surface area contributed by atoms with Crippen LogP contribution in [0.1, 0.15) is 38.8 Å². The van der Waals surface area contributed by atoms with Crippen LogP contribution in [0, 0.1) is 18.8 Å². The molecule has 0 bridgehead atoms. The number of hydrogen-bond acceptors (Lipinski definition) is 2. The van der Waals surface area contributed by atoms with Gasteiger partial charge in [0.2, 0.25) is 0 Å². The molecule has 2 aromatic carbocycles. The number of rotatable bonds is 5. The van der Waals surface area contributed by atoms with Crippen LogP contribution in [0.3, 0.4) is 0 Å². The number of para-hydroxylation sites is 2. The van der Waals surface area contributed by atoms with Crippen LogP contribution in [0.15, 0.2) is 48.5 Å². The third kappa shape index (κ3) is 6.71. The number of nitrogens with zero attached hydrogens (tertiary/aromatic N) is 1. The van der Waals surface area contributed by atoms with Crippen molar-refractivity contribution in [1.29, 1.82) is 0 Å². The van der Waals surface area contributed by atoms with Gasteiger partial charge in [-0.25, -0.2) is 0 Å². The molecule has 0 fully saturated rings. The van der Waals surface area contributed by atoms with Gasteiger partial charge in [0.05, 0.1) is 0 Å². The molecule has 2 aromatic rings. The first-order valence-corrected chi connectivity index (χ1v) is 11.4. The summed E-state index contributed by atoms with van der Waals surface area (Å²) < 4.78 is 5.85. The topological polar surface area (TPSA) is 12.5 Å². The molecule has 0 spiro atoms. The molecular weight excluding hydrogens is 333 g/mol. The summed E-state index contributed by atoms with van der Waals surface area (Å²) in [5.41, 5.74) is 3.69. The maximum absolute atomic E-state index is 5.85. The maximum atomic E-state index is 5.85. The quantitative estimate of drug-likeness (QED) is 0.585. The summed E-state index contributed by atoms with van der Waals surface area (Å²) in [5, 5.41) is 2.97. The van der Waals surface area contributed by atoms with E-state index in [0.29, 0.717) is 6.73 Å². The van der Waals surface area contributed by atoms with Gasteiger partial charge >= 0.3 is 65.3 Å². The van der Waals surface area contributed by atoms with Crippen LogP contribution >= 0.6 is 0 Å². The molecule has 0 radical (unpaired) electrons. The minimum atomic E-state index is 0.627. The second-order valence-electron chi connectivity index (χ2n) is 7.92. The number of benzene rings is 2. The molecule has 138 valence electrons. The van der Waals surface area contributed by atoms with Gasteiger partial charge in [0.1, 0.15) is 5.75 Å².